The predicted octanol–water partition coefficient (Wildman–Crippen LogP) is 2.97. The van der Waals surface area contributed by atoms with Crippen LogP contribution in [0.5, 0.6) is 0 Å². The van der Waals surface area contributed by atoms with Gasteiger partial charge in [-0.15, -0.1) is 0 Å². The fraction of sp³-hybridized carbons (Fsp3) is 0.200. The van der Waals surface area contributed by atoms with Gasteiger partial charge in [-0.25, -0.2) is 9.31 Å². The molecule has 0 N–H and O–H groups in total. The van der Waals surface area contributed by atoms with Crippen molar-refractivity contribution < 1.29 is 9.53 Å². The predicted molar refractivity (Wildman–Crippen MR) is 73.4 cm³/mol. The first-order chi connectivity index (χ1) is 9.22. The highest BCUT2D eigenvalue weighted by Gasteiger charge is 2.17. The second kappa shape index (κ2) is 4.39. The molecular formula is C15H14N2O2. The average Bonchev–Trinajstić information content (AvgIpc) is 2.77. The van der Waals surface area contributed by atoms with Crippen molar-refractivity contribution in [3.8, 4) is 0 Å². The normalized spacial score (nSPS) is 11.1. The summed E-state index contributed by atoms with van der Waals surface area (Å²) >= 11 is 0. The number of nitrogens with zero attached hydrogens (tertiary/aromatic N) is 2. The molecule has 0 aliphatic heterocycles. The number of ether oxygens (including phenoxy) is 1. The summed E-state index contributed by atoms with van der Waals surface area (Å²) in [6, 6.07) is 9.72. The molecule has 0 amide bonds. The highest BCUT2D eigenvalue weighted by molar-refractivity contribution is 6.07. The zero-order chi connectivity index (χ0) is 13.4. The second-order valence-corrected chi connectivity index (χ2v) is 4.41. The fourth-order valence-electron chi connectivity index (χ4n) is 2.35. The lowest BCUT2D eigenvalue weighted by molar-refractivity contribution is 0.0529. The lowest BCUT2D eigenvalue weighted by Crippen LogP contribution is -2.04. The van der Waals surface area contributed by atoms with E-state index in [4.69, 9.17) is 4.74 Å². The van der Waals surface area contributed by atoms with Crippen LogP contribution in [0, 0.1) is 6.92 Å². The van der Waals surface area contributed by atoms with Crippen LogP contribution in [0.25, 0.3) is 16.3 Å². The Hall–Kier alpha value is -2.36. The Labute approximate surface area is 110 Å². The van der Waals surface area contributed by atoms with E-state index in [1.807, 2.05) is 43.5 Å². The van der Waals surface area contributed by atoms with E-state index in [1.54, 1.807) is 11.4 Å². The number of hydrogen-bond donors (Lipinski definition) is 0. The van der Waals surface area contributed by atoms with Crippen LogP contribution >= 0.6 is 0 Å². The van der Waals surface area contributed by atoms with Crippen LogP contribution in [0.2, 0.25) is 0 Å². The zero-order valence-corrected chi connectivity index (χ0v) is 10.9. The van der Waals surface area contributed by atoms with Gasteiger partial charge < -0.3 is 4.74 Å². The summed E-state index contributed by atoms with van der Waals surface area (Å²) in [7, 11) is 0. The molecule has 0 atom stereocenters. The van der Waals surface area contributed by atoms with Crippen molar-refractivity contribution in [3.05, 3.63) is 47.8 Å². The van der Waals surface area contributed by atoms with Crippen LogP contribution in [-0.4, -0.2) is 22.2 Å². The van der Waals surface area contributed by atoms with E-state index in [2.05, 4.69) is 5.10 Å². The number of aryl methyl sites for hydroxylation is 1. The molecule has 0 saturated heterocycles. The number of hydrogen-bond acceptors (Lipinski definition) is 3. The van der Waals surface area contributed by atoms with Gasteiger partial charge in [-0.2, -0.15) is 5.10 Å². The summed E-state index contributed by atoms with van der Waals surface area (Å²) < 4.78 is 6.90. The fourth-order valence-corrected chi connectivity index (χ4v) is 2.35. The summed E-state index contributed by atoms with van der Waals surface area (Å²) in [4.78, 5) is 12.1. The minimum atomic E-state index is -0.300. The van der Waals surface area contributed by atoms with Crippen molar-refractivity contribution in [2.45, 2.75) is 13.8 Å². The molecule has 0 fully saturated rings. The van der Waals surface area contributed by atoms with Crippen LogP contribution in [0.15, 0.2) is 36.5 Å². The number of carbonyl (C=O) groups excluding carboxylic acids is 1. The van der Waals surface area contributed by atoms with Gasteiger partial charge in [0.05, 0.1) is 23.9 Å². The molecule has 0 bridgehead atoms. The summed E-state index contributed by atoms with van der Waals surface area (Å²) in [5.74, 6) is -0.300. The highest BCUT2D eigenvalue weighted by atomic mass is 16.5. The van der Waals surface area contributed by atoms with E-state index in [0.29, 0.717) is 12.2 Å². The number of esters is 1. The Kier molecular flexibility index (Phi) is 2.71. The molecule has 2 heterocycles. The first-order valence-corrected chi connectivity index (χ1v) is 6.25. The molecule has 0 aliphatic rings. The third kappa shape index (κ3) is 1.76. The Morgan fingerprint density at radius 2 is 2.16 bits per heavy atom. The number of rotatable bonds is 2. The monoisotopic (exact) mass is 254 g/mol. The summed E-state index contributed by atoms with van der Waals surface area (Å²) in [5.41, 5.74) is 2.31. The Balaban J connectivity index is 2.39. The molecule has 0 spiro atoms. The van der Waals surface area contributed by atoms with Gasteiger partial charge in [0.15, 0.2) is 0 Å². The average molecular weight is 254 g/mol. The van der Waals surface area contributed by atoms with Crippen molar-refractivity contribution in [3.63, 3.8) is 0 Å². The zero-order valence-electron chi connectivity index (χ0n) is 10.9. The quantitative estimate of drug-likeness (QED) is 0.660. The van der Waals surface area contributed by atoms with Crippen LogP contribution in [0.1, 0.15) is 23.0 Å². The Morgan fingerprint density at radius 1 is 1.37 bits per heavy atom. The topological polar surface area (TPSA) is 43.6 Å². The smallest absolute Gasteiger partial charge is 0.340 e. The summed E-state index contributed by atoms with van der Waals surface area (Å²) in [6.07, 6.45) is 1.81. The van der Waals surface area contributed by atoms with E-state index in [1.165, 1.54) is 0 Å². The highest BCUT2D eigenvalue weighted by Crippen LogP contribution is 2.25. The van der Waals surface area contributed by atoms with Gasteiger partial charge in [0.2, 0.25) is 0 Å². The SMILES string of the molecule is CCOC(=O)c1cc(C)n2ncc3ccccc3c12. The van der Waals surface area contributed by atoms with E-state index in [9.17, 15) is 4.79 Å². The molecule has 4 nitrogen and oxygen atoms in total. The number of aromatic nitrogens is 2. The molecule has 96 valence electrons. The molecular weight excluding hydrogens is 240 g/mol. The molecule has 0 unspecified atom stereocenters. The number of fused-ring (bicyclic) bond motifs is 3. The lowest BCUT2D eigenvalue weighted by Gasteiger charge is -2.04. The molecule has 0 saturated carbocycles. The molecule has 0 aliphatic carbocycles. The molecule has 3 aromatic rings. The van der Waals surface area contributed by atoms with E-state index in [0.717, 1.165) is 22.0 Å². The first kappa shape index (κ1) is 11.7. The van der Waals surface area contributed by atoms with Gasteiger partial charge in [0, 0.05) is 16.5 Å². The largest absolute Gasteiger partial charge is 0.462 e. The van der Waals surface area contributed by atoms with E-state index in [-0.39, 0.29) is 5.97 Å². The van der Waals surface area contributed by atoms with Crippen molar-refractivity contribution in [1.82, 2.24) is 9.61 Å². The molecule has 3 rings (SSSR count). The molecule has 0 radical (unpaired) electrons. The second-order valence-electron chi connectivity index (χ2n) is 4.41. The third-order valence-corrected chi connectivity index (χ3v) is 3.18. The summed E-state index contributed by atoms with van der Waals surface area (Å²) in [5, 5.41) is 6.40. The molecule has 2 aromatic heterocycles. The molecule has 4 heteroatoms. The van der Waals surface area contributed by atoms with Crippen LogP contribution in [-0.2, 0) is 4.74 Å². The maximum absolute atomic E-state index is 12.1. The lowest BCUT2D eigenvalue weighted by atomic mass is 10.1. The van der Waals surface area contributed by atoms with Crippen molar-refractivity contribution in [2.24, 2.45) is 0 Å². The van der Waals surface area contributed by atoms with Crippen LogP contribution in [0.3, 0.4) is 0 Å². The van der Waals surface area contributed by atoms with Gasteiger partial charge in [-0.05, 0) is 19.9 Å². The van der Waals surface area contributed by atoms with E-state index < -0.39 is 0 Å². The minimum Gasteiger partial charge on any atom is -0.462 e. The first-order valence-electron chi connectivity index (χ1n) is 6.25. The number of benzene rings is 1. The standard InChI is InChI=1S/C15H14N2O2/c1-3-19-15(18)13-8-10(2)17-14(13)12-7-5-4-6-11(12)9-16-17/h4-9H,3H2,1-2H3. The Bertz CT molecular complexity index is 774. The van der Waals surface area contributed by atoms with Gasteiger partial charge in [0.25, 0.3) is 0 Å². The van der Waals surface area contributed by atoms with Gasteiger partial charge in [-0.1, -0.05) is 24.3 Å². The van der Waals surface area contributed by atoms with Gasteiger partial charge >= 0.3 is 5.97 Å². The van der Waals surface area contributed by atoms with E-state index >= 15 is 0 Å². The van der Waals surface area contributed by atoms with Crippen molar-refractivity contribution >= 4 is 22.3 Å². The summed E-state index contributed by atoms with van der Waals surface area (Å²) in [6.45, 7) is 4.10. The molecule has 1 aromatic carbocycles. The minimum absolute atomic E-state index is 0.300. The van der Waals surface area contributed by atoms with Gasteiger partial charge in [-0.3, -0.25) is 0 Å². The Morgan fingerprint density at radius 3 is 2.95 bits per heavy atom. The third-order valence-electron chi connectivity index (χ3n) is 3.18. The van der Waals surface area contributed by atoms with Crippen molar-refractivity contribution in [1.29, 1.82) is 0 Å². The number of carbonyl (C=O) groups is 1. The van der Waals surface area contributed by atoms with Crippen LogP contribution < -0.4 is 0 Å². The maximum atomic E-state index is 12.1. The molecule has 19 heavy (non-hydrogen) atoms. The van der Waals surface area contributed by atoms with Crippen LogP contribution in [0.4, 0.5) is 0 Å². The van der Waals surface area contributed by atoms with Crippen molar-refractivity contribution in [2.75, 3.05) is 6.61 Å². The maximum Gasteiger partial charge on any atom is 0.340 e. The van der Waals surface area contributed by atoms with Gasteiger partial charge in [0.1, 0.15) is 0 Å².